The number of hydrogen-bond acceptors (Lipinski definition) is 4. The van der Waals surface area contributed by atoms with E-state index in [1.807, 2.05) is 59.6 Å². The number of rotatable bonds is 6. The zero-order valence-corrected chi connectivity index (χ0v) is 16.2. The van der Waals surface area contributed by atoms with Gasteiger partial charge < -0.3 is 15.0 Å². The van der Waals surface area contributed by atoms with Gasteiger partial charge in [0.25, 0.3) is 0 Å². The van der Waals surface area contributed by atoms with Gasteiger partial charge in [-0.2, -0.15) is 5.10 Å². The second kappa shape index (κ2) is 7.81. The van der Waals surface area contributed by atoms with E-state index in [4.69, 9.17) is 0 Å². The van der Waals surface area contributed by atoms with Crippen molar-refractivity contribution in [3.8, 4) is 11.4 Å². The first-order valence-electron chi connectivity index (χ1n) is 10.2. The molecule has 0 amide bonds. The highest BCUT2D eigenvalue weighted by Crippen LogP contribution is 2.29. The van der Waals surface area contributed by atoms with Gasteiger partial charge in [-0.3, -0.25) is 0 Å². The first-order chi connectivity index (χ1) is 14.3. The van der Waals surface area contributed by atoms with Crippen molar-refractivity contribution in [2.24, 2.45) is 5.92 Å². The van der Waals surface area contributed by atoms with Crippen molar-refractivity contribution in [1.29, 1.82) is 0 Å². The summed E-state index contributed by atoms with van der Waals surface area (Å²) in [6.45, 7) is 1.60. The maximum atomic E-state index is 10.6. The van der Waals surface area contributed by atoms with Gasteiger partial charge in [-0.25, -0.2) is 9.50 Å². The molecule has 6 heteroatoms. The number of imidazole rings is 1. The van der Waals surface area contributed by atoms with Gasteiger partial charge in [0.15, 0.2) is 0 Å². The monoisotopic (exact) mass is 387 g/mol. The molecule has 1 unspecified atom stereocenters. The smallest absolute Gasteiger partial charge is 0.139 e. The summed E-state index contributed by atoms with van der Waals surface area (Å²) >= 11 is 0. The Hall–Kier alpha value is -2.96. The Bertz CT molecular complexity index is 1090. The van der Waals surface area contributed by atoms with Crippen molar-refractivity contribution >= 4 is 5.52 Å². The lowest BCUT2D eigenvalue weighted by Crippen LogP contribution is -2.35. The Kier molecular flexibility index (Phi) is 4.87. The van der Waals surface area contributed by atoms with Gasteiger partial charge in [0, 0.05) is 49.5 Å². The van der Waals surface area contributed by atoms with Gasteiger partial charge in [-0.05, 0) is 36.5 Å². The highest BCUT2D eigenvalue weighted by Gasteiger charge is 2.33. The highest BCUT2D eigenvalue weighted by atomic mass is 16.3. The molecule has 148 valence electrons. The number of aliphatic hydroxyl groups is 1. The minimum atomic E-state index is -0.326. The van der Waals surface area contributed by atoms with Crippen molar-refractivity contribution in [2.45, 2.75) is 38.1 Å². The molecule has 1 aliphatic carbocycles. The van der Waals surface area contributed by atoms with Gasteiger partial charge in [0.1, 0.15) is 5.82 Å². The summed E-state index contributed by atoms with van der Waals surface area (Å²) in [5, 5.41) is 18.5. The van der Waals surface area contributed by atoms with E-state index in [9.17, 15) is 5.11 Å². The van der Waals surface area contributed by atoms with Crippen LogP contribution in [0.2, 0.25) is 0 Å². The number of pyridine rings is 1. The van der Waals surface area contributed by atoms with Crippen LogP contribution in [0, 0.1) is 5.92 Å². The van der Waals surface area contributed by atoms with E-state index in [2.05, 4.69) is 38.2 Å². The van der Waals surface area contributed by atoms with Crippen molar-refractivity contribution in [3.63, 3.8) is 0 Å². The second-order valence-corrected chi connectivity index (χ2v) is 7.86. The fourth-order valence-corrected chi connectivity index (χ4v) is 4.47. The average Bonchev–Trinajstić information content (AvgIpc) is 3.47. The molecule has 3 atom stereocenters. The highest BCUT2D eigenvalue weighted by molar-refractivity contribution is 5.55. The molecule has 0 radical (unpaired) electrons. The zero-order chi connectivity index (χ0) is 19.6. The summed E-state index contributed by atoms with van der Waals surface area (Å²) in [5.74, 6) is 1.41. The van der Waals surface area contributed by atoms with Crippen LogP contribution in [-0.4, -0.2) is 36.4 Å². The van der Waals surface area contributed by atoms with Crippen LogP contribution < -0.4 is 5.32 Å². The van der Waals surface area contributed by atoms with Gasteiger partial charge in [0.05, 0.1) is 11.6 Å². The summed E-state index contributed by atoms with van der Waals surface area (Å²) < 4.78 is 4.09. The molecule has 0 saturated heterocycles. The summed E-state index contributed by atoms with van der Waals surface area (Å²) in [5.41, 5.74) is 3.43. The van der Waals surface area contributed by atoms with Gasteiger partial charge in [-0.1, -0.05) is 36.4 Å². The largest absolute Gasteiger partial charge is 0.391 e. The van der Waals surface area contributed by atoms with Crippen LogP contribution in [0.15, 0.2) is 73.3 Å². The van der Waals surface area contributed by atoms with Crippen LogP contribution in [0.3, 0.4) is 0 Å². The van der Waals surface area contributed by atoms with Gasteiger partial charge in [0.2, 0.25) is 0 Å². The fraction of sp³-hybridized carbons (Fsp3) is 0.304. The lowest BCUT2D eigenvalue weighted by molar-refractivity contribution is 0.145. The molecule has 1 fully saturated rings. The topological polar surface area (TPSA) is 67.4 Å². The lowest BCUT2D eigenvalue weighted by Gasteiger charge is -2.17. The van der Waals surface area contributed by atoms with Crippen LogP contribution in [-0.2, 0) is 13.1 Å². The third-order valence-electron chi connectivity index (χ3n) is 5.91. The Morgan fingerprint density at radius 1 is 1.00 bits per heavy atom. The van der Waals surface area contributed by atoms with E-state index in [1.54, 1.807) is 0 Å². The standard InChI is InChI=1S/C23H25N5O/c29-22-14-17(16-27-12-10-24-23(27)18-5-2-1-3-6-18)13-20(22)25-15-19-7-4-11-28-21(19)8-9-26-28/h1-12,17,20,22,25,29H,13-16H2/t17?,20-,22-/m1/s1. The summed E-state index contributed by atoms with van der Waals surface area (Å²) in [4.78, 5) is 4.54. The number of aromatic nitrogens is 4. The Morgan fingerprint density at radius 2 is 1.90 bits per heavy atom. The molecule has 5 rings (SSSR count). The molecule has 6 nitrogen and oxygen atoms in total. The molecule has 0 aliphatic heterocycles. The number of hydrogen-bond donors (Lipinski definition) is 2. The minimum absolute atomic E-state index is 0.104. The molecule has 0 bridgehead atoms. The van der Waals surface area contributed by atoms with Crippen molar-refractivity contribution in [3.05, 3.63) is 78.9 Å². The van der Waals surface area contributed by atoms with E-state index >= 15 is 0 Å². The van der Waals surface area contributed by atoms with Crippen LogP contribution >= 0.6 is 0 Å². The van der Waals surface area contributed by atoms with E-state index in [0.29, 0.717) is 5.92 Å². The molecule has 3 heterocycles. The van der Waals surface area contributed by atoms with E-state index in [-0.39, 0.29) is 12.1 Å². The minimum Gasteiger partial charge on any atom is -0.391 e. The van der Waals surface area contributed by atoms with Crippen LogP contribution in [0.5, 0.6) is 0 Å². The molecular weight excluding hydrogens is 362 g/mol. The number of benzene rings is 1. The molecule has 2 N–H and O–H groups in total. The van der Waals surface area contributed by atoms with E-state index in [1.165, 1.54) is 5.56 Å². The lowest BCUT2D eigenvalue weighted by atomic mass is 10.1. The molecular formula is C23H25N5O. The average molecular weight is 387 g/mol. The summed E-state index contributed by atoms with van der Waals surface area (Å²) in [6, 6.07) is 16.5. The van der Waals surface area contributed by atoms with Crippen LogP contribution in [0.1, 0.15) is 18.4 Å². The molecule has 0 spiro atoms. The normalized spacial score (nSPS) is 21.8. The zero-order valence-electron chi connectivity index (χ0n) is 16.2. The Balaban J connectivity index is 1.24. The predicted molar refractivity (Wildman–Crippen MR) is 112 cm³/mol. The quantitative estimate of drug-likeness (QED) is 0.533. The maximum absolute atomic E-state index is 10.6. The number of nitrogens with one attached hydrogen (secondary N) is 1. The molecule has 1 aliphatic rings. The predicted octanol–water partition coefficient (Wildman–Crippen LogP) is 3.13. The third kappa shape index (κ3) is 3.69. The van der Waals surface area contributed by atoms with Gasteiger partial charge >= 0.3 is 0 Å². The summed E-state index contributed by atoms with van der Waals surface area (Å²) in [6.07, 6.45) is 9.10. The molecule has 4 aromatic rings. The van der Waals surface area contributed by atoms with Gasteiger partial charge in [-0.15, -0.1) is 0 Å². The van der Waals surface area contributed by atoms with Crippen molar-refractivity contribution in [1.82, 2.24) is 24.5 Å². The van der Waals surface area contributed by atoms with Crippen LogP contribution in [0.25, 0.3) is 16.9 Å². The number of fused-ring (bicyclic) bond motifs is 1. The summed E-state index contributed by atoms with van der Waals surface area (Å²) in [7, 11) is 0. The van der Waals surface area contributed by atoms with E-state index < -0.39 is 0 Å². The van der Waals surface area contributed by atoms with E-state index in [0.717, 1.165) is 42.8 Å². The van der Waals surface area contributed by atoms with Crippen molar-refractivity contribution < 1.29 is 5.11 Å². The first-order valence-corrected chi connectivity index (χ1v) is 10.2. The SMILES string of the molecule is O[C@@H]1CC(Cn2ccnc2-c2ccccc2)C[C@H]1NCc1cccn2nccc12. The molecule has 29 heavy (non-hydrogen) atoms. The fourth-order valence-electron chi connectivity index (χ4n) is 4.47. The Labute approximate surface area is 169 Å². The Morgan fingerprint density at radius 3 is 2.79 bits per heavy atom. The molecule has 3 aromatic heterocycles. The first kappa shape index (κ1) is 18.1. The van der Waals surface area contributed by atoms with Crippen LogP contribution in [0.4, 0.5) is 0 Å². The number of aliphatic hydroxyl groups excluding tert-OH is 1. The maximum Gasteiger partial charge on any atom is 0.139 e. The third-order valence-corrected chi connectivity index (χ3v) is 5.91. The number of nitrogens with zero attached hydrogens (tertiary/aromatic N) is 4. The second-order valence-electron chi connectivity index (χ2n) is 7.86. The molecule has 1 aromatic carbocycles. The molecule has 1 saturated carbocycles. The van der Waals surface area contributed by atoms with Crippen molar-refractivity contribution in [2.75, 3.05) is 0 Å².